The number of amides is 9. The molecule has 1 aromatic rings. The van der Waals surface area contributed by atoms with Crippen molar-refractivity contribution in [2.24, 2.45) is 56.6 Å². The van der Waals surface area contributed by atoms with Crippen LogP contribution in [0.2, 0.25) is 0 Å². The molecule has 1 aromatic carbocycles. The molecule has 0 radical (unpaired) electrons. The molecular weight excluding hydrogens is 1150 g/mol. The maximum atomic E-state index is 14.7. The van der Waals surface area contributed by atoms with E-state index in [1.165, 1.54) is 64.8 Å². The van der Waals surface area contributed by atoms with Crippen LogP contribution in [-0.4, -0.2) is 145 Å². The number of carbonyl (C=O) groups is 9. The molecule has 1 rings (SSSR count). The molecule has 0 aromatic heterocycles. The van der Waals surface area contributed by atoms with Crippen LogP contribution in [-0.2, 0) is 49.6 Å². The first-order valence-electron chi connectivity index (χ1n) is 33.3. The number of likely N-dealkylation sites (N-methyl/N-ethyl adjacent to an activating group) is 1. The Morgan fingerprint density at radius 1 is 0.433 bits per heavy atom. The molecule has 0 saturated carbocycles. The molecule has 0 aliphatic rings. The minimum absolute atomic E-state index is 0.00586. The molecule has 0 aliphatic carbocycles. The van der Waals surface area contributed by atoms with E-state index in [0.717, 1.165) is 24.8 Å². The number of carbonyl (C=O) groups excluding carboxylic acids is 9. The molecule has 512 valence electrons. The van der Waals surface area contributed by atoms with Crippen molar-refractivity contribution in [2.45, 2.75) is 258 Å². The lowest BCUT2D eigenvalue weighted by atomic mass is 9.95. The summed E-state index contributed by atoms with van der Waals surface area (Å²) in [7, 11) is 1.42. The summed E-state index contributed by atoms with van der Waals surface area (Å²) in [6.07, 6.45) is 17.3. The Kier molecular flexibility index (Phi) is 42.2. The van der Waals surface area contributed by atoms with Crippen LogP contribution in [0.1, 0.15) is 209 Å². The predicted molar refractivity (Wildman–Crippen MR) is 355 cm³/mol. The summed E-state index contributed by atoms with van der Waals surface area (Å²) in [6.45, 7) is 16.0. The number of unbranched alkanes of at least 4 members (excludes halogenated alkanes) is 12. The number of guanidine groups is 2. The highest BCUT2D eigenvalue weighted by Gasteiger charge is 2.37. The van der Waals surface area contributed by atoms with Crippen LogP contribution in [0, 0.1) is 23.7 Å². The molecule has 25 nitrogen and oxygen atoms in total. The molecule has 0 heterocycles. The summed E-state index contributed by atoms with van der Waals surface area (Å²) in [6, 6.07) is -0.904. The van der Waals surface area contributed by atoms with Gasteiger partial charge >= 0.3 is 0 Å². The lowest BCUT2D eigenvalue weighted by Crippen LogP contribution is -2.62. The fourth-order valence-corrected chi connectivity index (χ4v) is 10.2. The average Bonchev–Trinajstić information content (AvgIpc) is 2.42. The molecule has 9 amide bonds. The van der Waals surface area contributed by atoms with Crippen LogP contribution in [0.25, 0.3) is 0 Å². The first-order valence-corrected chi connectivity index (χ1v) is 33.3. The maximum absolute atomic E-state index is 14.7. The summed E-state index contributed by atoms with van der Waals surface area (Å²) < 4.78 is 0. The first kappa shape index (κ1) is 81.0. The van der Waals surface area contributed by atoms with E-state index in [0.29, 0.717) is 32.1 Å². The summed E-state index contributed by atoms with van der Waals surface area (Å²) >= 11 is 0. The van der Waals surface area contributed by atoms with E-state index in [2.05, 4.69) is 64.8 Å². The SMILES string of the molecule is CCCCCCCCCCCCCCCC(=O)N[C@@H](CC(C)C)C(=O)N[C@@H](Cc1ccccc1)C(=O)N[C@H](C(=O)N[C@@H](CCCN=C(N)N)C(=O)N[C@H](C(=O)N[C@@H](CCCN=C(N)N)C(=O)N[C@@H](CO)C(=O)N[C@H](C(=O)NC)[C@@H](C)CC)[C@@H](C)CC)[C@@H](C)CC. The Hall–Kier alpha value is -7.05. The van der Waals surface area contributed by atoms with Crippen molar-refractivity contribution >= 4 is 65.1 Å². The van der Waals surface area contributed by atoms with Crippen LogP contribution >= 0.6 is 0 Å². The smallest absolute Gasteiger partial charge is 0.245 e. The van der Waals surface area contributed by atoms with Gasteiger partial charge in [0.05, 0.1) is 6.61 Å². The molecule has 90 heavy (non-hydrogen) atoms. The Morgan fingerprint density at radius 2 is 0.800 bits per heavy atom. The van der Waals surface area contributed by atoms with E-state index in [1.54, 1.807) is 39.8 Å². The van der Waals surface area contributed by atoms with Crippen molar-refractivity contribution in [2.75, 3.05) is 26.7 Å². The zero-order valence-electron chi connectivity index (χ0n) is 56.0. The van der Waals surface area contributed by atoms with Crippen molar-refractivity contribution in [1.82, 2.24) is 47.9 Å². The zero-order chi connectivity index (χ0) is 67.6. The molecule has 0 saturated heterocycles. The Labute approximate surface area is 536 Å². The second-order valence-electron chi connectivity index (χ2n) is 24.5. The van der Waals surface area contributed by atoms with Gasteiger partial charge in [-0.2, -0.15) is 0 Å². The molecule has 0 spiro atoms. The second kappa shape index (κ2) is 46.9. The number of hydrogen-bond donors (Lipinski definition) is 14. The summed E-state index contributed by atoms with van der Waals surface area (Å²) in [5.74, 6) is -7.81. The number of aliphatic hydroxyl groups excluding tert-OH is 1. The summed E-state index contributed by atoms with van der Waals surface area (Å²) in [5.41, 5.74) is 23.0. The third-order valence-electron chi connectivity index (χ3n) is 16.4. The van der Waals surface area contributed by atoms with Crippen LogP contribution in [0.5, 0.6) is 0 Å². The van der Waals surface area contributed by atoms with Gasteiger partial charge < -0.3 is 75.9 Å². The van der Waals surface area contributed by atoms with Gasteiger partial charge in [-0.1, -0.05) is 189 Å². The number of benzene rings is 1. The van der Waals surface area contributed by atoms with E-state index in [-0.39, 0.29) is 81.3 Å². The zero-order valence-corrected chi connectivity index (χ0v) is 56.0. The normalized spacial score (nSPS) is 14.8. The van der Waals surface area contributed by atoms with Crippen molar-refractivity contribution in [3.05, 3.63) is 35.9 Å². The van der Waals surface area contributed by atoms with E-state index < -0.39 is 114 Å². The predicted octanol–water partition coefficient (Wildman–Crippen LogP) is 3.62. The van der Waals surface area contributed by atoms with Crippen LogP contribution in [0.3, 0.4) is 0 Å². The van der Waals surface area contributed by atoms with E-state index in [4.69, 9.17) is 22.9 Å². The number of aliphatic imine (C=N–C) groups is 2. The van der Waals surface area contributed by atoms with Crippen molar-refractivity contribution < 1.29 is 48.3 Å². The van der Waals surface area contributed by atoms with E-state index in [1.807, 2.05) is 45.9 Å². The highest BCUT2D eigenvalue weighted by Crippen LogP contribution is 2.17. The number of nitrogens with one attached hydrogen (secondary N) is 9. The van der Waals surface area contributed by atoms with Gasteiger partial charge in [0.1, 0.15) is 48.3 Å². The summed E-state index contributed by atoms with van der Waals surface area (Å²) in [5, 5.41) is 34.9. The molecule has 18 N–H and O–H groups in total. The van der Waals surface area contributed by atoms with Gasteiger partial charge in [-0.25, -0.2) is 0 Å². The third-order valence-corrected chi connectivity index (χ3v) is 16.4. The average molecular weight is 1270 g/mol. The molecule has 0 fully saturated rings. The lowest BCUT2D eigenvalue weighted by Gasteiger charge is -2.31. The maximum Gasteiger partial charge on any atom is 0.245 e. The number of nitrogens with two attached hydrogens (primary N) is 4. The lowest BCUT2D eigenvalue weighted by molar-refractivity contribution is -0.137. The third kappa shape index (κ3) is 33.7. The van der Waals surface area contributed by atoms with Crippen LogP contribution in [0.15, 0.2) is 40.3 Å². The second-order valence-corrected chi connectivity index (χ2v) is 24.5. The highest BCUT2D eigenvalue weighted by molar-refractivity contribution is 5.98. The van der Waals surface area contributed by atoms with Crippen molar-refractivity contribution in [3.8, 4) is 0 Å². The molecule has 25 heteroatoms. The summed E-state index contributed by atoms with van der Waals surface area (Å²) in [4.78, 5) is 134. The van der Waals surface area contributed by atoms with Crippen LogP contribution < -0.4 is 70.8 Å². The Morgan fingerprint density at radius 3 is 1.20 bits per heavy atom. The topological polar surface area (TPSA) is 411 Å². The first-order chi connectivity index (χ1) is 42.9. The van der Waals surface area contributed by atoms with Gasteiger partial charge in [-0.05, 0) is 67.8 Å². The fraction of sp³-hybridized carbons (Fsp3) is 0.738. The Balaban J connectivity index is 3.52. The number of hydrogen-bond acceptors (Lipinski definition) is 12. The molecular formula is C65H117N15O10. The van der Waals surface area contributed by atoms with Crippen molar-refractivity contribution in [1.29, 1.82) is 0 Å². The number of nitrogens with zero attached hydrogens (tertiary/aromatic N) is 2. The quantitative estimate of drug-likeness (QED) is 0.0252. The van der Waals surface area contributed by atoms with E-state index >= 15 is 0 Å². The van der Waals surface area contributed by atoms with Crippen LogP contribution in [0.4, 0.5) is 0 Å². The van der Waals surface area contributed by atoms with Crippen molar-refractivity contribution in [3.63, 3.8) is 0 Å². The molecule has 11 atom stereocenters. The Bertz CT molecular complexity index is 2350. The molecule has 0 unspecified atom stereocenters. The fourth-order valence-electron chi connectivity index (χ4n) is 10.2. The van der Waals surface area contributed by atoms with Gasteiger partial charge in [0, 0.05) is 33.0 Å². The van der Waals surface area contributed by atoms with Gasteiger partial charge in [0.2, 0.25) is 53.2 Å². The van der Waals surface area contributed by atoms with Gasteiger partial charge in [0.15, 0.2) is 11.9 Å². The molecule has 0 bridgehead atoms. The molecule has 0 aliphatic heterocycles. The largest absolute Gasteiger partial charge is 0.394 e. The highest BCUT2D eigenvalue weighted by atomic mass is 16.3. The number of aliphatic hydroxyl groups is 1. The van der Waals surface area contributed by atoms with Gasteiger partial charge in [0.25, 0.3) is 0 Å². The standard InChI is InChI=1S/C65H117N15O10/c1-11-15-16-17-18-19-20-21-22-23-24-25-29-36-52(82)73-49(39-42(5)6)58(85)76-50(40-46-32-27-26-28-33-46)59(86)80-55(45(9)14-4)63(90)75-48(35-31-38-72-65(68)69)57(84)79-54(44(8)13-3)62(89)74-47(34-30-37-71-64(66)67)56(83)77-51(41-81)60(87)78-53(43(7)12-2)61(88)70-10/h26-28,32-33,42-45,47-51,53-55,81H,11-25,29-31,34-41H2,1-10H3,(H,70,88)(H,73,82)(H,74,89)(H,75,90)(H,76,85)(H,77,83)(H,78,87)(H,79,84)(H,80,86)(H4,66,67,71)(H4,68,69,72)/t43-,44-,45-,47-,48-,49-,50-,51-,53-,54-,55-/m0/s1. The number of rotatable bonds is 49. The van der Waals surface area contributed by atoms with Gasteiger partial charge in [-0.15, -0.1) is 0 Å². The minimum atomic E-state index is -1.54. The van der Waals surface area contributed by atoms with E-state index in [9.17, 15) is 48.3 Å². The van der Waals surface area contributed by atoms with Gasteiger partial charge in [-0.3, -0.25) is 53.1 Å². The monoisotopic (exact) mass is 1270 g/mol. The minimum Gasteiger partial charge on any atom is -0.394 e.